The fourth-order valence-corrected chi connectivity index (χ4v) is 8.25. The Hall–Kier alpha value is -4.28. The third-order valence-electron chi connectivity index (χ3n) is 11.7. The summed E-state index contributed by atoms with van der Waals surface area (Å²) in [5.41, 5.74) is 8.02. The number of hydrogen-bond acceptors (Lipinski definition) is 4. The summed E-state index contributed by atoms with van der Waals surface area (Å²) >= 11 is 0. The lowest BCUT2D eigenvalue weighted by Gasteiger charge is -2.31. The van der Waals surface area contributed by atoms with E-state index >= 15 is 0 Å². The van der Waals surface area contributed by atoms with Crippen LogP contribution in [-0.2, 0) is 0 Å². The van der Waals surface area contributed by atoms with Gasteiger partial charge in [-0.2, -0.15) is 0 Å². The molecule has 2 aromatic heterocycles. The van der Waals surface area contributed by atoms with Gasteiger partial charge in [0.1, 0.15) is 0 Å². The Balaban J connectivity index is 0.000000218. The second-order valence-electron chi connectivity index (χ2n) is 16.7. The molecule has 4 heterocycles. The second kappa shape index (κ2) is 22.0. The number of carbonyl (C=O) groups is 2. The lowest BCUT2D eigenvalue weighted by molar-refractivity contribution is 0.196. The molecular weight excluding hydrogens is 709 g/mol. The van der Waals surface area contributed by atoms with Crippen molar-refractivity contribution in [1.82, 2.24) is 30.0 Å². The van der Waals surface area contributed by atoms with Gasteiger partial charge < -0.3 is 35.7 Å². The van der Waals surface area contributed by atoms with Crippen LogP contribution in [-0.4, -0.2) is 94.6 Å². The van der Waals surface area contributed by atoms with Gasteiger partial charge in [0.25, 0.3) is 0 Å². The number of aromatic nitrogens is 2. The summed E-state index contributed by atoms with van der Waals surface area (Å²) in [5.74, 6) is 0.601. The molecule has 2 aliphatic heterocycles. The minimum atomic E-state index is -0.110. The molecule has 10 heteroatoms. The first-order valence-corrected chi connectivity index (χ1v) is 22.1. The van der Waals surface area contributed by atoms with Crippen LogP contribution in [0.3, 0.4) is 0 Å². The minimum Gasteiger partial charge on any atom is -0.361 e. The highest BCUT2D eigenvalue weighted by Crippen LogP contribution is 2.35. The molecule has 0 unspecified atom stereocenters. The molecule has 0 aliphatic carbocycles. The van der Waals surface area contributed by atoms with Crippen molar-refractivity contribution in [2.45, 2.75) is 131 Å². The van der Waals surface area contributed by atoms with E-state index in [1.165, 1.54) is 85.6 Å². The molecule has 57 heavy (non-hydrogen) atoms. The predicted octanol–water partition coefficient (Wildman–Crippen LogP) is 11.2. The molecule has 5 N–H and O–H groups in total. The van der Waals surface area contributed by atoms with E-state index in [0.717, 1.165) is 74.3 Å². The molecule has 10 nitrogen and oxygen atoms in total. The molecule has 312 valence electrons. The molecule has 1 saturated heterocycles. The fourth-order valence-electron chi connectivity index (χ4n) is 8.25. The summed E-state index contributed by atoms with van der Waals surface area (Å²) in [6, 6.07) is 12.9. The van der Waals surface area contributed by atoms with E-state index in [1.807, 2.05) is 17.0 Å². The van der Waals surface area contributed by atoms with Crippen LogP contribution in [0, 0.1) is 0 Å². The highest BCUT2D eigenvalue weighted by molar-refractivity contribution is 5.98. The average molecular weight is 781 g/mol. The lowest BCUT2D eigenvalue weighted by Crippen LogP contribution is -2.40. The third kappa shape index (κ3) is 12.4. The van der Waals surface area contributed by atoms with Crippen molar-refractivity contribution in [2.24, 2.45) is 0 Å². The number of unbranched alkanes of at least 4 members (excludes halogenated alkanes) is 4. The summed E-state index contributed by atoms with van der Waals surface area (Å²) < 4.78 is 0. The number of nitrogens with one attached hydrogen (secondary N) is 5. The van der Waals surface area contributed by atoms with Crippen molar-refractivity contribution >= 4 is 50.8 Å². The number of anilines is 2. The number of likely N-dealkylation sites (tertiary alicyclic amines) is 1. The van der Waals surface area contributed by atoms with Crippen LogP contribution >= 0.6 is 0 Å². The van der Waals surface area contributed by atoms with Crippen molar-refractivity contribution in [1.29, 1.82) is 0 Å². The van der Waals surface area contributed by atoms with E-state index in [1.54, 1.807) is 0 Å². The van der Waals surface area contributed by atoms with E-state index in [2.05, 4.69) is 127 Å². The number of aromatic amines is 2. The van der Waals surface area contributed by atoms with Crippen molar-refractivity contribution in [3.63, 3.8) is 0 Å². The molecular formula is C47H72N8O2. The molecule has 0 saturated carbocycles. The van der Waals surface area contributed by atoms with Crippen molar-refractivity contribution in [3.8, 4) is 0 Å². The molecule has 2 aromatic carbocycles. The smallest absolute Gasteiger partial charge is 0.322 e. The van der Waals surface area contributed by atoms with Gasteiger partial charge in [-0.15, -0.1) is 0 Å². The Kier molecular flexibility index (Phi) is 16.9. The van der Waals surface area contributed by atoms with Crippen LogP contribution in [0.5, 0.6) is 0 Å². The zero-order valence-corrected chi connectivity index (χ0v) is 36.1. The van der Waals surface area contributed by atoms with Crippen LogP contribution in [0.2, 0.25) is 0 Å². The van der Waals surface area contributed by atoms with Gasteiger partial charge in [-0.25, -0.2) is 9.59 Å². The maximum atomic E-state index is 12.8. The Morgan fingerprint density at radius 3 is 2.14 bits per heavy atom. The highest BCUT2D eigenvalue weighted by Gasteiger charge is 2.23. The van der Waals surface area contributed by atoms with Gasteiger partial charge in [-0.1, -0.05) is 52.5 Å². The number of rotatable bonds is 16. The maximum absolute atomic E-state index is 12.8. The lowest BCUT2D eigenvalue weighted by atomic mass is 9.89. The van der Waals surface area contributed by atoms with Crippen molar-refractivity contribution in [3.05, 3.63) is 66.0 Å². The van der Waals surface area contributed by atoms with Gasteiger partial charge in [-0.05, 0) is 139 Å². The fraction of sp³-hybridized carbons (Fsp3) is 0.574. The van der Waals surface area contributed by atoms with Crippen molar-refractivity contribution < 1.29 is 9.59 Å². The number of fused-ring (bicyclic) bond motifs is 2. The second-order valence-corrected chi connectivity index (χ2v) is 16.7. The maximum Gasteiger partial charge on any atom is 0.322 e. The Labute approximate surface area is 342 Å². The highest BCUT2D eigenvalue weighted by atomic mass is 16.2. The zero-order valence-electron chi connectivity index (χ0n) is 36.1. The molecule has 0 radical (unpaired) electrons. The molecule has 4 aromatic rings. The van der Waals surface area contributed by atoms with Gasteiger partial charge in [0.05, 0.1) is 0 Å². The van der Waals surface area contributed by atoms with Crippen LogP contribution in [0.1, 0.15) is 130 Å². The molecule has 1 fully saturated rings. The van der Waals surface area contributed by atoms with E-state index in [9.17, 15) is 9.59 Å². The van der Waals surface area contributed by atoms with E-state index in [0.29, 0.717) is 12.0 Å². The third-order valence-corrected chi connectivity index (χ3v) is 11.7. The van der Waals surface area contributed by atoms with Gasteiger partial charge in [0.2, 0.25) is 0 Å². The Morgan fingerprint density at radius 1 is 0.807 bits per heavy atom. The summed E-state index contributed by atoms with van der Waals surface area (Å²) in [6.07, 6.45) is 18.1. The number of benzene rings is 2. The number of hydrogen-bond donors (Lipinski definition) is 5. The number of nitrogens with zero attached hydrogens (tertiary/aromatic N) is 3. The Morgan fingerprint density at radius 2 is 1.49 bits per heavy atom. The molecule has 2 aliphatic rings. The number of amides is 4. The molecule has 0 spiro atoms. The quantitative estimate of drug-likeness (QED) is 0.0729. The van der Waals surface area contributed by atoms with Crippen LogP contribution in [0.25, 0.3) is 27.4 Å². The summed E-state index contributed by atoms with van der Waals surface area (Å²) in [5, 5.41) is 11.5. The molecule has 0 bridgehead atoms. The standard InChI is InChI=1S/C24H36N4O.C23H36N4O/c1-6-7-12-28(18(4)5)24(29)26-20-8-9-23-21(15-20)22(16-25-23)19-10-13-27(14-11-19)17(2)3;1-3-5-6-7-12-24-23(28)26-19-8-9-22-20(16-19)21(17-25-22)18-10-14-27(13-4-2)15-11-18/h8-10,15-18,25H,6-7,11-14H2,1-5H3,(H,26,29);8-9,16-18,25H,3-7,10-15H2,1-2H3,(H2,24,26,28). The summed E-state index contributed by atoms with van der Waals surface area (Å²) in [4.78, 5) is 38.8. The summed E-state index contributed by atoms with van der Waals surface area (Å²) in [6.45, 7) is 22.4. The van der Waals surface area contributed by atoms with Gasteiger partial charge >= 0.3 is 12.1 Å². The largest absolute Gasteiger partial charge is 0.361 e. The summed E-state index contributed by atoms with van der Waals surface area (Å²) in [7, 11) is 0. The first kappa shape index (κ1) is 43.8. The van der Waals surface area contributed by atoms with E-state index < -0.39 is 0 Å². The minimum absolute atomic E-state index is 0.0191. The Bertz CT molecular complexity index is 1880. The first-order valence-electron chi connectivity index (χ1n) is 22.1. The number of H-pyrrole nitrogens is 2. The number of carbonyl (C=O) groups excluding carboxylic acids is 2. The van der Waals surface area contributed by atoms with Gasteiger partial charge in [0, 0.05) is 89.4 Å². The van der Waals surface area contributed by atoms with Crippen LogP contribution in [0.15, 0.2) is 54.9 Å². The first-order chi connectivity index (χ1) is 27.6. The predicted molar refractivity (Wildman–Crippen MR) is 242 cm³/mol. The monoisotopic (exact) mass is 781 g/mol. The van der Waals surface area contributed by atoms with E-state index in [-0.39, 0.29) is 18.1 Å². The van der Waals surface area contributed by atoms with E-state index in [4.69, 9.17) is 0 Å². The molecule has 0 atom stereocenters. The SMILES string of the molecule is CCCCCCNC(=O)Nc1ccc2[nH]cc(C3CCN(CCC)CC3)c2c1.CCCCN(C(=O)Nc1ccc2[nH]cc(C3=CCN(C(C)C)CC3)c2c1)C(C)C. The molecule has 6 rings (SSSR count). The van der Waals surface area contributed by atoms with Crippen LogP contribution in [0.4, 0.5) is 21.0 Å². The topological polar surface area (TPSA) is 112 Å². The number of urea groups is 2. The molecule has 4 amide bonds. The van der Waals surface area contributed by atoms with Gasteiger partial charge in [0.15, 0.2) is 0 Å². The van der Waals surface area contributed by atoms with Crippen molar-refractivity contribution in [2.75, 3.05) is 56.4 Å². The number of piperidine rings is 1. The average Bonchev–Trinajstić information content (AvgIpc) is 3.83. The normalized spacial score (nSPS) is 15.5. The van der Waals surface area contributed by atoms with Crippen LogP contribution < -0.4 is 16.0 Å². The van der Waals surface area contributed by atoms with Gasteiger partial charge in [-0.3, -0.25) is 4.90 Å². The zero-order chi connectivity index (χ0) is 40.7.